The first-order valence-electron chi connectivity index (χ1n) is 6.92. The van der Waals surface area contributed by atoms with Crippen molar-refractivity contribution in [3.05, 3.63) is 48.0 Å². The summed E-state index contributed by atoms with van der Waals surface area (Å²) in [6.45, 7) is 3.14. The van der Waals surface area contributed by atoms with Crippen LogP contribution >= 0.6 is 0 Å². The third-order valence-electron chi connectivity index (χ3n) is 3.64. The maximum Gasteiger partial charge on any atom is 0.307 e. The lowest BCUT2D eigenvalue weighted by Crippen LogP contribution is -2.00. The third kappa shape index (κ3) is 2.05. The molecule has 1 heterocycles. The zero-order valence-electron chi connectivity index (χ0n) is 11.5. The second-order valence-corrected chi connectivity index (χ2v) is 5.09. The summed E-state index contributed by atoms with van der Waals surface area (Å²) in [5.74, 6) is -0.790. The van der Waals surface area contributed by atoms with E-state index < -0.39 is 5.97 Å². The Kier molecular flexibility index (Phi) is 3.18. The van der Waals surface area contributed by atoms with E-state index >= 15 is 0 Å². The van der Waals surface area contributed by atoms with E-state index in [2.05, 4.69) is 23.6 Å². The molecule has 0 amide bonds. The first-order chi connectivity index (χ1) is 9.70. The number of fused-ring (bicyclic) bond motifs is 3. The molecular weight excluding hydrogens is 250 g/mol. The number of aryl methyl sites for hydroxylation is 1. The van der Waals surface area contributed by atoms with Crippen molar-refractivity contribution in [3.63, 3.8) is 0 Å². The molecule has 0 saturated carbocycles. The number of benzene rings is 2. The van der Waals surface area contributed by atoms with Gasteiger partial charge in [-0.2, -0.15) is 0 Å². The highest BCUT2D eigenvalue weighted by Crippen LogP contribution is 2.30. The van der Waals surface area contributed by atoms with Crippen LogP contribution < -0.4 is 0 Å². The van der Waals surface area contributed by atoms with E-state index in [1.165, 1.54) is 16.4 Å². The quantitative estimate of drug-likeness (QED) is 0.780. The minimum Gasteiger partial charge on any atom is -0.481 e. The maximum atomic E-state index is 10.9. The zero-order chi connectivity index (χ0) is 14.1. The van der Waals surface area contributed by atoms with E-state index in [1.807, 2.05) is 30.3 Å². The summed E-state index contributed by atoms with van der Waals surface area (Å²) in [4.78, 5) is 10.9. The average Bonchev–Trinajstić information content (AvgIpc) is 2.73. The molecule has 2 aromatic carbocycles. The fourth-order valence-corrected chi connectivity index (χ4v) is 2.85. The van der Waals surface area contributed by atoms with Crippen LogP contribution in [0, 0.1) is 0 Å². The molecule has 0 bridgehead atoms. The van der Waals surface area contributed by atoms with Crippen LogP contribution in [0.5, 0.6) is 0 Å². The van der Waals surface area contributed by atoms with Gasteiger partial charge in [-0.15, -0.1) is 0 Å². The van der Waals surface area contributed by atoms with Gasteiger partial charge in [-0.1, -0.05) is 31.2 Å². The van der Waals surface area contributed by atoms with Crippen molar-refractivity contribution >= 4 is 27.8 Å². The Hall–Kier alpha value is -2.29. The summed E-state index contributed by atoms with van der Waals surface area (Å²) in [5, 5.41) is 11.3. The summed E-state index contributed by atoms with van der Waals surface area (Å²) in [6, 6.07) is 14.3. The van der Waals surface area contributed by atoms with Gasteiger partial charge >= 0.3 is 5.97 Å². The smallest absolute Gasteiger partial charge is 0.307 e. The van der Waals surface area contributed by atoms with Crippen molar-refractivity contribution in [2.24, 2.45) is 0 Å². The molecule has 20 heavy (non-hydrogen) atoms. The average molecular weight is 267 g/mol. The normalized spacial score (nSPS) is 11.2. The Morgan fingerprint density at radius 3 is 2.60 bits per heavy atom. The number of hydrogen-bond donors (Lipinski definition) is 1. The minimum atomic E-state index is -0.790. The van der Waals surface area contributed by atoms with Crippen molar-refractivity contribution in [1.29, 1.82) is 0 Å². The molecule has 1 aromatic heterocycles. The lowest BCUT2D eigenvalue weighted by atomic mass is 10.1. The number of aliphatic carboxylic acids is 1. The Bertz CT molecular complexity index is 786. The standard InChI is InChI=1S/C17H17NO2/c1-2-9-18-15-6-4-3-5-13(15)14-10-12(11-17(19)20)7-8-16(14)18/h3-8,10H,2,9,11H2,1H3,(H,19,20). The Labute approximate surface area is 117 Å². The van der Waals surface area contributed by atoms with E-state index in [9.17, 15) is 4.79 Å². The predicted octanol–water partition coefficient (Wildman–Crippen LogP) is 3.83. The molecule has 0 radical (unpaired) electrons. The van der Waals surface area contributed by atoms with Crippen LogP contribution in [0.25, 0.3) is 21.8 Å². The first-order valence-corrected chi connectivity index (χ1v) is 6.92. The number of nitrogens with zero attached hydrogens (tertiary/aromatic N) is 1. The van der Waals surface area contributed by atoms with Crippen LogP contribution in [0.3, 0.4) is 0 Å². The molecule has 102 valence electrons. The second-order valence-electron chi connectivity index (χ2n) is 5.09. The fourth-order valence-electron chi connectivity index (χ4n) is 2.85. The van der Waals surface area contributed by atoms with Crippen LogP contribution in [-0.2, 0) is 17.8 Å². The molecule has 0 fully saturated rings. The van der Waals surface area contributed by atoms with Gasteiger partial charge in [0, 0.05) is 28.4 Å². The number of hydrogen-bond acceptors (Lipinski definition) is 1. The fraction of sp³-hybridized carbons (Fsp3) is 0.235. The van der Waals surface area contributed by atoms with Gasteiger partial charge in [0.05, 0.1) is 6.42 Å². The van der Waals surface area contributed by atoms with E-state index in [4.69, 9.17) is 5.11 Å². The number of carboxylic acids is 1. The molecule has 1 N–H and O–H groups in total. The van der Waals surface area contributed by atoms with Gasteiger partial charge in [-0.05, 0) is 30.2 Å². The Morgan fingerprint density at radius 1 is 1.10 bits per heavy atom. The van der Waals surface area contributed by atoms with Crippen molar-refractivity contribution in [2.45, 2.75) is 26.3 Å². The van der Waals surface area contributed by atoms with E-state index in [1.54, 1.807) is 0 Å². The molecule has 3 aromatic rings. The van der Waals surface area contributed by atoms with Crippen LogP contribution in [0.2, 0.25) is 0 Å². The lowest BCUT2D eigenvalue weighted by molar-refractivity contribution is -0.136. The third-order valence-corrected chi connectivity index (χ3v) is 3.64. The van der Waals surface area contributed by atoms with Crippen LogP contribution in [-0.4, -0.2) is 15.6 Å². The monoisotopic (exact) mass is 267 g/mol. The first kappa shape index (κ1) is 12.7. The summed E-state index contributed by atoms with van der Waals surface area (Å²) < 4.78 is 2.31. The molecule has 0 aliphatic carbocycles. The van der Waals surface area contributed by atoms with Crippen molar-refractivity contribution in [3.8, 4) is 0 Å². The van der Waals surface area contributed by atoms with Crippen molar-refractivity contribution in [1.82, 2.24) is 4.57 Å². The van der Waals surface area contributed by atoms with E-state index in [-0.39, 0.29) is 6.42 Å². The van der Waals surface area contributed by atoms with E-state index in [0.717, 1.165) is 23.9 Å². The molecular formula is C17H17NO2. The predicted molar refractivity (Wildman–Crippen MR) is 81.1 cm³/mol. The van der Waals surface area contributed by atoms with Gasteiger partial charge < -0.3 is 9.67 Å². The Morgan fingerprint density at radius 2 is 1.85 bits per heavy atom. The number of aromatic nitrogens is 1. The van der Waals surface area contributed by atoms with Crippen LogP contribution in [0.1, 0.15) is 18.9 Å². The largest absolute Gasteiger partial charge is 0.481 e. The summed E-state index contributed by atoms with van der Waals surface area (Å²) in [6.07, 6.45) is 1.15. The number of para-hydroxylation sites is 1. The lowest BCUT2D eigenvalue weighted by Gasteiger charge is -2.05. The van der Waals surface area contributed by atoms with Crippen LogP contribution in [0.4, 0.5) is 0 Å². The topological polar surface area (TPSA) is 42.2 Å². The molecule has 0 aliphatic heterocycles. The molecule has 0 atom stereocenters. The number of carboxylic acid groups (broad SMARTS) is 1. The van der Waals surface area contributed by atoms with E-state index in [0.29, 0.717) is 0 Å². The minimum absolute atomic E-state index is 0.0726. The molecule has 3 rings (SSSR count). The van der Waals surface area contributed by atoms with Crippen molar-refractivity contribution in [2.75, 3.05) is 0 Å². The van der Waals surface area contributed by atoms with Gasteiger partial charge in [0.25, 0.3) is 0 Å². The zero-order valence-corrected chi connectivity index (χ0v) is 11.5. The SMILES string of the molecule is CCCn1c2ccccc2c2cc(CC(=O)O)ccc21. The Balaban J connectivity index is 2.28. The molecule has 0 saturated heterocycles. The van der Waals surface area contributed by atoms with Crippen molar-refractivity contribution < 1.29 is 9.90 Å². The van der Waals surface area contributed by atoms with Gasteiger partial charge in [0.2, 0.25) is 0 Å². The summed E-state index contributed by atoms with van der Waals surface area (Å²) in [5.41, 5.74) is 3.25. The molecule has 3 heteroatoms. The maximum absolute atomic E-state index is 10.9. The number of rotatable bonds is 4. The highest BCUT2D eigenvalue weighted by Gasteiger charge is 2.11. The molecule has 0 spiro atoms. The van der Waals surface area contributed by atoms with Gasteiger partial charge in [-0.25, -0.2) is 0 Å². The van der Waals surface area contributed by atoms with Gasteiger partial charge in [-0.3, -0.25) is 4.79 Å². The second kappa shape index (κ2) is 5.00. The highest BCUT2D eigenvalue weighted by molar-refractivity contribution is 6.08. The molecule has 3 nitrogen and oxygen atoms in total. The molecule has 0 aliphatic rings. The summed E-state index contributed by atoms with van der Waals surface area (Å²) in [7, 11) is 0. The van der Waals surface area contributed by atoms with Gasteiger partial charge in [0.15, 0.2) is 0 Å². The highest BCUT2D eigenvalue weighted by atomic mass is 16.4. The number of carbonyl (C=O) groups is 1. The molecule has 0 unspecified atom stereocenters. The van der Waals surface area contributed by atoms with Crippen LogP contribution in [0.15, 0.2) is 42.5 Å². The van der Waals surface area contributed by atoms with Gasteiger partial charge in [0.1, 0.15) is 0 Å². The summed E-state index contributed by atoms with van der Waals surface area (Å²) >= 11 is 0.